The lowest BCUT2D eigenvalue weighted by atomic mass is 9.86. The Balaban J connectivity index is 1.84. The molecule has 0 unspecified atom stereocenters. The van der Waals surface area contributed by atoms with E-state index >= 15 is 0 Å². The number of ether oxygens (including phenoxy) is 1. The summed E-state index contributed by atoms with van der Waals surface area (Å²) in [6, 6.07) is 8.71. The van der Waals surface area contributed by atoms with E-state index in [1.807, 2.05) is 18.2 Å². The highest BCUT2D eigenvalue weighted by molar-refractivity contribution is 5.78. The summed E-state index contributed by atoms with van der Waals surface area (Å²) in [6.07, 6.45) is 2.40. The summed E-state index contributed by atoms with van der Waals surface area (Å²) in [5.74, 6) is 1.46. The topological polar surface area (TPSA) is 59.6 Å². The Hall–Kier alpha value is -1.71. The summed E-state index contributed by atoms with van der Waals surface area (Å²) < 4.78 is 5.84. The van der Waals surface area contributed by atoms with Crippen LogP contribution in [0.1, 0.15) is 39.2 Å². The van der Waals surface area contributed by atoms with Gasteiger partial charge in [-0.1, -0.05) is 39.0 Å². The van der Waals surface area contributed by atoms with Crippen LogP contribution in [-0.2, 0) is 5.41 Å². The van der Waals surface area contributed by atoms with Crippen LogP contribution in [0.25, 0.3) is 0 Å². The van der Waals surface area contributed by atoms with Gasteiger partial charge in [0.05, 0.1) is 6.54 Å². The van der Waals surface area contributed by atoms with Crippen molar-refractivity contribution in [2.45, 2.75) is 45.1 Å². The van der Waals surface area contributed by atoms with Gasteiger partial charge in [-0.3, -0.25) is 0 Å². The third-order valence-electron chi connectivity index (χ3n) is 3.26. The van der Waals surface area contributed by atoms with E-state index in [2.05, 4.69) is 37.1 Å². The predicted molar refractivity (Wildman–Crippen MR) is 83.3 cm³/mol. The molecule has 0 heterocycles. The minimum Gasteiger partial charge on any atom is -0.491 e. The lowest BCUT2D eigenvalue weighted by Gasteiger charge is -2.22. The van der Waals surface area contributed by atoms with Crippen LogP contribution in [-0.4, -0.2) is 25.2 Å². The molecule has 1 aromatic rings. The first-order chi connectivity index (χ1) is 9.47. The van der Waals surface area contributed by atoms with Crippen molar-refractivity contribution in [2.75, 3.05) is 13.2 Å². The molecule has 3 N–H and O–H groups in total. The number of hydrogen-bond acceptors (Lipinski definition) is 2. The third-order valence-corrected chi connectivity index (χ3v) is 3.26. The van der Waals surface area contributed by atoms with E-state index in [4.69, 9.17) is 10.5 Å². The van der Waals surface area contributed by atoms with Crippen molar-refractivity contribution in [2.24, 2.45) is 10.7 Å². The Kier molecular flexibility index (Phi) is 4.53. The van der Waals surface area contributed by atoms with Gasteiger partial charge in [0.25, 0.3) is 0 Å². The SMILES string of the molecule is CC(C)(C)c1ccccc1OCCN=C(N)NC1CC1. The van der Waals surface area contributed by atoms with Gasteiger partial charge in [-0.25, -0.2) is 4.99 Å². The molecule has 1 fully saturated rings. The number of hydrogen-bond donors (Lipinski definition) is 2. The molecule has 4 heteroatoms. The molecule has 2 rings (SSSR count). The highest BCUT2D eigenvalue weighted by Crippen LogP contribution is 2.30. The second-order valence-corrected chi connectivity index (χ2v) is 6.28. The van der Waals surface area contributed by atoms with Crippen LogP contribution >= 0.6 is 0 Å². The Labute approximate surface area is 121 Å². The number of benzene rings is 1. The molecule has 1 aliphatic rings. The van der Waals surface area contributed by atoms with Crippen LogP contribution in [0.15, 0.2) is 29.3 Å². The molecular formula is C16H25N3O. The molecule has 1 aliphatic carbocycles. The fourth-order valence-electron chi connectivity index (χ4n) is 2.02. The van der Waals surface area contributed by atoms with Crippen LogP contribution in [0.3, 0.4) is 0 Å². The average Bonchev–Trinajstić information content (AvgIpc) is 3.18. The maximum Gasteiger partial charge on any atom is 0.188 e. The van der Waals surface area contributed by atoms with Gasteiger partial charge in [-0.05, 0) is 29.9 Å². The van der Waals surface area contributed by atoms with Crippen LogP contribution < -0.4 is 15.8 Å². The van der Waals surface area contributed by atoms with E-state index in [1.165, 1.54) is 18.4 Å². The van der Waals surface area contributed by atoms with E-state index in [0.717, 1.165) is 5.75 Å². The van der Waals surface area contributed by atoms with Gasteiger partial charge < -0.3 is 15.8 Å². The van der Waals surface area contributed by atoms with Gasteiger partial charge in [0.15, 0.2) is 5.96 Å². The average molecular weight is 275 g/mol. The van der Waals surface area contributed by atoms with Crippen molar-refractivity contribution >= 4 is 5.96 Å². The molecule has 0 aromatic heterocycles. The van der Waals surface area contributed by atoms with E-state index < -0.39 is 0 Å². The second kappa shape index (κ2) is 6.16. The van der Waals surface area contributed by atoms with Crippen molar-refractivity contribution < 1.29 is 4.74 Å². The van der Waals surface area contributed by atoms with Gasteiger partial charge in [0.2, 0.25) is 0 Å². The predicted octanol–water partition coefficient (Wildman–Crippen LogP) is 2.43. The lowest BCUT2D eigenvalue weighted by Crippen LogP contribution is -2.33. The molecule has 0 spiro atoms. The normalized spacial score (nSPS) is 16.1. The Morgan fingerprint density at radius 3 is 2.70 bits per heavy atom. The summed E-state index contributed by atoms with van der Waals surface area (Å²) >= 11 is 0. The minimum absolute atomic E-state index is 0.0758. The molecule has 0 amide bonds. The second-order valence-electron chi connectivity index (χ2n) is 6.28. The smallest absolute Gasteiger partial charge is 0.188 e. The van der Waals surface area contributed by atoms with E-state index in [-0.39, 0.29) is 5.41 Å². The molecule has 1 aromatic carbocycles. The van der Waals surface area contributed by atoms with Crippen molar-refractivity contribution in [1.82, 2.24) is 5.32 Å². The zero-order valence-corrected chi connectivity index (χ0v) is 12.6. The largest absolute Gasteiger partial charge is 0.491 e. The highest BCUT2D eigenvalue weighted by atomic mass is 16.5. The van der Waals surface area contributed by atoms with Crippen molar-refractivity contribution in [3.63, 3.8) is 0 Å². The van der Waals surface area contributed by atoms with Crippen LogP contribution in [0.2, 0.25) is 0 Å². The first-order valence-electron chi connectivity index (χ1n) is 7.25. The van der Waals surface area contributed by atoms with E-state index in [9.17, 15) is 0 Å². The molecule has 0 atom stereocenters. The van der Waals surface area contributed by atoms with Gasteiger partial charge >= 0.3 is 0 Å². The summed E-state index contributed by atoms with van der Waals surface area (Å²) in [5.41, 5.74) is 7.07. The van der Waals surface area contributed by atoms with Crippen molar-refractivity contribution in [3.8, 4) is 5.75 Å². The summed E-state index contributed by atoms with van der Waals surface area (Å²) in [6.45, 7) is 7.67. The van der Waals surface area contributed by atoms with Crippen LogP contribution in [0, 0.1) is 0 Å². The quantitative estimate of drug-likeness (QED) is 0.493. The van der Waals surface area contributed by atoms with E-state index in [1.54, 1.807) is 0 Å². The van der Waals surface area contributed by atoms with Crippen LogP contribution in [0.4, 0.5) is 0 Å². The molecule has 110 valence electrons. The first-order valence-corrected chi connectivity index (χ1v) is 7.25. The summed E-state index contributed by atoms with van der Waals surface area (Å²) in [5, 5.41) is 3.16. The summed E-state index contributed by atoms with van der Waals surface area (Å²) in [4.78, 5) is 4.27. The third kappa shape index (κ3) is 4.44. The van der Waals surface area contributed by atoms with Crippen molar-refractivity contribution in [1.29, 1.82) is 0 Å². The number of para-hydroxylation sites is 1. The maximum atomic E-state index is 5.84. The van der Waals surface area contributed by atoms with Gasteiger partial charge in [0, 0.05) is 6.04 Å². The fourth-order valence-corrected chi connectivity index (χ4v) is 2.02. The van der Waals surface area contributed by atoms with Gasteiger partial charge in [0.1, 0.15) is 12.4 Å². The Morgan fingerprint density at radius 1 is 1.35 bits per heavy atom. The molecular weight excluding hydrogens is 250 g/mol. The molecule has 4 nitrogen and oxygen atoms in total. The summed E-state index contributed by atoms with van der Waals surface area (Å²) in [7, 11) is 0. The van der Waals surface area contributed by atoms with Gasteiger partial charge in [-0.2, -0.15) is 0 Å². The maximum absolute atomic E-state index is 5.84. The number of rotatable bonds is 5. The number of nitrogens with two attached hydrogens (primary N) is 1. The first kappa shape index (κ1) is 14.7. The molecule has 0 bridgehead atoms. The monoisotopic (exact) mass is 275 g/mol. The molecule has 0 aliphatic heterocycles. The number of aliphatic imine (C=N–C) groups is 1. The zero-order valence-electron chi connectivity index (χ0n) is 12.6. The Bertz CT molecular complexity index is 473. The lowest BCUT2D eigenvalue weighted by molar-refractivity contribution is 0.319. The number of nitrogens with one attached hydrogen (secondary N) is 1. The van der Waals surface area contributed by atoms with Gasteiger partial charge in [-0.15, -0.1) is 0 Å². The molecule has 0 radical (unpaired) electrons. The standard InChI is InChI=1S/C16H25N3O/c1-16(2,3)13-6-4-5-7-14(13)20-11-10-18-15(17)19-12-8-9-12/h4-7,12H,8-11H2,1-3H3,(H3,17,18,19). The number of nitrogens with zero attached hydrogens (tertiary/aromatic N) is 1. The Morgan fingerprint density at radius 2 is 2.05 bits per heavy atom. The number of guanidine groups is 1. The van der Waals surface area contributed by atoms with E-state index in [0.29, 0.717) is 25.2 Å². The molecule has 0 saturated heterocycles. The highest BCUT2D eigenvalue weighted by Gasteiger charge is 2.21. The van der Waals surface area contributed by atoms with Crippen molar-refractivity contribution in [3.05, 3.63) is 29.8 Å². The molecule has 1 saturated carbocycles. The minimum atomic E-state index is 0.0758. The fraction of sp³-hybridized carbons (Fsp3) is 0.562. The molecule has 20 heavy (non-hydrogen) atoms. The zero-order chi connectivity index (χ0) is 14.6. The van der Waals surface area contributed by atoms with Crippen LogP contribution in [0.5, 0.6) is 5.75 Å².